The van der Waals surface area contributed by atoms with E-state index in [1.807, 2.05) is 48.5 Å². The van der Waals surface area contributed by atoms with E-state index < -0.39 is 4.92 Å². The summed E-state index contributed by atoms with van der Waals surface area (Å²) in [6, 6.07) is 16.5. The van der Waals surface area contributed by atoms with Crippen LogP contribution in [0.2, 0.25) is 0 Å². The van der Waals surface area contributed by atoms with Crippen LogP contribution in [0, 0.1) is 10.1 Å². The van der Waals surface area contributed by atoms with Gasteiger partial charge in [0.15, 0.2) is 0 Å². The van der Waals surface area contributed by atoms with E-state index in [0.717, 1.165) is 10.2 Å². The van der Waals surface area contributed by atoms with Gasteiger partial charge in [-0.1, -0.05) is 30.3 Å². The van der Waals surface area contributed by atoms with Crippen LogP contribution in [0.15, 0.2) is 65.4 Å². The van der Waals surface area contributed by atoms with E-state index in [4.69, 9.17) is 0 Å². The van der Waals surface area contributed by atoms with Gasteiger partial charge >= 0.3 is 5.69 Å². The van der Waals surface area contributed by atoms with E-state index >= 15 is 0 Å². The summed E-state index contributed by atoms with van der Waals surface area (Å²) in [5, 5.41) is 14.5. The van der Waals surface area contributed by atoms with Crippen LogP contribution in [0.1, 0.15) is 0 Å². The van der Waals surface area contributed by atoms with Crippen LogP contribution in [0.4, 0.5) is 28.7 Å². The van der Waals surface area contributed by atoms with E-state index in [0.29, 0.717) is 5.69 Å². The summed E-state index contributed by atoms with van der Waals surface area (Å²) in [6.07, 6.45) is 1.25. The second-order valence-electron chi connectivity index (χ2n) is 4.90. The number of para-hydroxylation sites is 2. The van der Waals surface area contributed by atoms with E-state index in [2.05, 4.69) is 42.1 Å². The fraction of sp³-hybridized carbons (Fsp3) is 0. The predicted molar refractivity (Wildman–Crippen MR) is 99.8 cm³/mol. The summed E-state index contributed by atoms with van der Waals surface area (Å²) in [5.41, 5.74) is 6.78. The maximum Gasteiger partial charge on any atom is 0.355 e. The monoisotopic (exact) mass is 400 g/mol. The summed E-state index contributed by atoms with van der Waals surface area (Å²) >= 11 is 3.39. The highest BCUT2D eigenvalue weighted by Crippen LogP contribution is 2.33. The van der Waals surface area contributed by atoms with Crippen LogP contribution in [0.3, 0.4) is 0 Å². The number of hydrogen-bond acceptors (Lipinski definition) is 7. The summed E-state index contributed by atoms with van der Waals surface area (Å²) < 4.78 is 0.764. The third-order valence-electron chi connectivity index (χ3n) is 3.23. The van der Waals surface area contributed by atoms with Gasteiger partial charge in [0, 0.05) is 4.47 Å². The summed E-state index contributed by atoms with van der Waals surface area (Å²) in [5.74, 6) is 0.141. The molecule has 3 aromatic rings. The van der Waals surface area contributed by atoms with Crippen molar-refractivity contribution in [2.24, 2.45) is 0 Å². The zero-order valence-electron chi connectivity index (χ0n) is 12.8. The molecule has 0 bridgehead atoms. The summed E-state index contributed by atoms with van der Waals surface area (Å²) in [4.78, 5) is 19.0. The molecule has 0 aliphatic heterocycles. The molecule has 0 radical (unpaired) electrons. The largest absolute Gasteiger partial charge is 0.355 e. The molecule has 8 nitrogen and oxygen atoms in total. The van der Waals surface area contributed by atoms with Gasteiger partial charge in [0.25, 0.3) is 0 Å². The topological polar surface area (TPSA) is 105 Å². The van der Waals surface area contributed by atoms with E-state index in [-0.39, 0.29) is 17.3 Å². The number of halogens is 1. The molecule has 0 aliphatic carbocycles. The Morgan fingerprint density at radius 3 is 2.32 bits per heavy atom. The van der Waals surface area contributed by atoms with Crippen LogP contribution in [0.5, 0.6) is 0 Å². The maximum atomic E-state index is 11.5. The highest BCUT2D eigenvalue weighted by molar-refractivity contribution is 9.10. The fourth-order valence-electron chi connectivity index (χ4n) is 2.08. The highest BCUT2D eigenvalue weighted by Gasteiger charge is 2.23. The SMILES string of the molecule is O=[N+]([O-])c1c(NNc2ccccc2)ncnc1Nc1ccccc1Br. The molecule has 0 spiro atoms. The van der Waals surface area contributed by atoms with Gasteiger partial charge in [0.2, 0.25) is 11.6 Å². The molecule has 3 rings (SSSR count). The Labute approximate surface area is 151 Å². The quantitative estimate of drug-likeness (QED) is 0.417. The molecule has 0 amide bonds. The third-order valence-corrected chi connectivity index (χ3v) is 3.92. The molecular weight excluding hydrogens is 388 g/mol. The van der Waals surface area contributed by atoms with Gasteiger partial charge < -0.3 is 5.32 Å². The molecule has 0 saturated carbocycles. The first-order chi connectivity index (χ1) is 12.1. The van der Waals surface area contributed by atoms with E-state index in [9.17, 15) is 10.1 Å². The Kier molecular flexibility index (Phi) is 5.05. The third kappa shape index (κ3) is 4.01. The molecule has 2 aromatic carbocycles. The van der Waals surface area contributed by atoms with Crippen LogP contribution >= 0.6 is 15.9 Å². The predicted octanol–water partition coefficient (Wildman–Crippen LogP) is 4.33. The van der Waals surface area contributed by atoms with Gasteiger partial charge in [-0.2, -0.15) is 0 Å². The van der Waals surface area contributed by atoms with Crippen molar-refractivity contribution in [3.63, 3.8) is 0 Å². The zero-order chi connectivity index (χ0) is 17.6. The molecule has 9 heteroatoms. The maximum absolute atomic E-state index is 11.5. The zero-order valence-corrected chi connectivity index (χ0v) is 14.4. The van der Waals surface area contributed by atoms with Gasteiger partial charge in [0.1, 0.15) is 6.33 Å². The lowest BCUT2D eigenvalue weighted by Crippen LogP contribution is -2.13. The molecule has 3 N–H and O–H groups in total. The van der Waals surface area contributed by atoms with Gasteiger partial charge in [-0.3, -0.25) is 21.0 Å². The minimum absolute atomic E-state index is 0.0541. The van der Waals surface area contributed by atoms with Crippen molar-refractivity contribution in [3.05, 3.63) is 75.5 Å². The number of nitrogens with zero attached hydrogens (tertiary/aromatic N) is 3. The lowest BCUT2D eigenvalue weighted by atomic mass is 10.3. The average Bonchev–Trinajstić information content (AvgIpc) is 2.62. The number of hydrazine groups is 1. The molecule has 25 heavy (non-hydrogen) atoms. The molecular formula is C16H13BrN6O2. The lowest BCUT2D eigenvalue weighted by molar-refractivity contribution is -0.383. The number of nitrogens with one attached hydrogen (secondary N) is 3. The highest BCUT2D eigenvalue weighted by atomic mass is 79.9. The first-order valence-corrected chi connectivity index (χ1v) is 8.02. The molecule has 0 saturated heterocycles. The van der Waals surface area contributed by atoms with Crippen molar-refractivity contribution in [2.45, 2.75) is 0 Å². The van der Waals surface area contributed by atoms with Crippen molar-refractivity contribution < 1.29 is 4.92 Å². The molecule has 126 valence electrons. The van der Waals surface area contributed by atoms with Crippen LogP contribution in [-0.2, 0) is 0 Å². The van der Waals surface area contributed by atoms with Crippen molar-refractivity contribution in [2.75, 3.05) is 16.2 Å². The number of aromatic nitrogens is 2. The number of anilines is 4. The van der Waals surface area contributed by atoms with E-state index in [1.54, 1.807) is 6.07 Å². The van der Waals surface area contributed by atoms with Gasteiger partial charge in [-0.15, -0.1) is 0 Å². The van der Waals surface area contributed by atoms with Crippen LogP contribution in [0.25, 0.3) is 0 Å². The number of nitro groups is 1. The van der Waals surface area contributed by atoms with Gasteiger partial charge in [-0.25, -0.2) is 9.97 Å². The van der Waals surface area contributed by atoms with Crippen molar-refractivity contribution in [1.82, 2.24) is 9.97 Å². The molecule has 0 aliphatic rings. The van der Waals surface area contributed by atoms with Crippen molar-refractivity contribution >= 4 is 44.6 Å². The average molecular weight is 401 g/mol. The normalized spacial score (nSPS) is 10.1. The second-order valence-corrected chi connectivity index (χ2v) is 5.75. The minimum atomic E-state index is -0.534. The molecule has 1 heterocycles. The number of benzene rings is 2. The Morgan fingerprint density at radius 2 is 1.60 bits per heavy atom. The molecule has 0 unspecified atom stereocenters. The standard InChI is InChI=1S/C16H13BrN6O2/c17-12-8-4-5-9-13(12)20-15-14(23(24)25)16(19-10-18-15)22-21-11-6-2-1-3-7-11/h1-10,21H,(H2,18,19,20,22). The summed E-state index contributed by atoms with van der Waals surface area (Å²) in [6.45, 7) is 0. The summed E-state index contributed by atoms with van der Waals surface area (Å²) in [7, 11) is 0. The van der Waals surface area contributed by atoms with Crippen LogP contribution in [-0.4, -0.2) is 14.9 Å². The Morgan fingerprint density at radius 1 is 0.920 bits per heavy atom. The number of rotatable bonds is 6. The number of hydrogen-bond donors (Lipinski definition) is 3. The van der Waals surface area contributed by atoms with Crippen molar-refractivity contribution in [1.29, 1.82) is 0 Å². The molecule has 0 fully saturated rings. The van der Waals surface area contributed by atoms with E-state index in [1.165, 1.54) is 6.33 Å². The molecule has 0 atom stereocenters. The Bertz CT molecular complexity index is 891. The van der Waals surface area contributed by atoms with Gasteiger partial charge in [-0.05, 0) is 40.2 Å². The first-order valence-electron chi connectivity index (χ1n) is 7.23. The van der Waals surface area contributed by atoms with Crippen LogP contribution < -0.4 is 16.2 Å². The fourth-order valence-corrected chi connectivity index (χ4v) is 2.46. The molecule has 1 aromatic heterocycles. The lowest BCUT2D eigenvalue weighted by Gasteiger charge is -2.12. The minimum Gasteiger partial charge on any atom is -0.333 e. The second kappa shape index (κ2) is 7.58. The Balaban J connectivity index is 1.89. The smallest absolute Gasteiger partial charge is 0.333 e. The van der Waals surface area contributed by atoms with Gasteiger partial charge in [0.05, 0.1) is 16.3 Å². The Hall–Kier alpha value is -3.20. The first kappa shape index (κ1) is 16.7. The van der Waals surface area contributed by atoms with Crippen molar-refractivity contribution in [3.8, 4) is 0 Å².